The average molecular weight is 393 g/mol. The molecule has 148 valence electrons. The summed E-state index contributed by atoms with van der Waals surface area (Å²) >= 11 is 0. The van der Waals surface area contributed by atoms with Crippen molar-refractivity contribution in [2.24, 2.45) is 5.92 Å². The van der Waals surface area contributed by atoms with E-state index in [1.165, 1.54) is 24.3 Å². The normalized spacial score (nSPS) is 23.6. The van der Waals surface area contributed by atoms with Crippen molar-refractivity contribution in [2.45, 2.75) is 31.1 Å². The van der Waals surface area contributed by atoms with Gasteiger partial charge in [-0.25, -0.2) is 0 Å². The van der Waals surface area contributed by atoms with E-state index < -0.39 is 12.1 Å². The monoisotopic (exact) mass is 393 g/mol. The number of benzene rings is 1. The van der Waals surface area contributed by atoms with Gasteiger partial charge in [0, 0.05) is 23.3 Å². The van der Waals surface area contributed by atoms with Crippen molar-refractivity contribution >= 4 is 17.5 Å². The third-order valence-corrected chi connectivity index (χ3v) is 5.14. The summed E-state index contributed by atoms with van der Waals surface area (Å²) in [6.45, 7) is 0.989. The molecule has 9 heteroatoms. The first kappa shape index (κ1) is 18.5. The second-order valence-corrected chi connectivity index (χ2v) is 7.13. The van der Waals surface area contributed by atoms with Gasteiger partial charge in [0.15, 0.2) is 5.76 Å². The number of amides is 2. The number of furan rings is 1. The van der Waals surface area contributed by atoms with Gasteiger partial charge >= 0.3 is 12.1 Å². The van der Waals surface area contributed by atoms with E-state index in [0.29, 0.717) is 17.2 Å². The molecule has 2 aromatic rings. The molecule has 2 heterocycles. The van der Waals surface area contributed by atoms with Gasteiger partial charge in [-0.1, -0.05) is 12.1 Å². The Bertz CT molecular complexity index is 909. The number of fused-ring (bicyclic) bond motifs is 2. The van der Waals surface area contributed by atoms with Gasteiger partial charge < -0.3 is 20.4 Å². The van der Waals surface area contributed by atoms with Crippen molar-refractivity contribution in [2.75, 3.05) is 11.9 Å². The maximum Gasteiger partial charge on any atom is 0.471 e. The number of rotatable bonds is 4. The zero-order valence-corrected chi connectivity index (χ0v) is 14.7. The van der Waals surface area contributed by atoms with Crippen molar-refractivity contribution < 1.29 is 27.2 Å². The molecule has 2 fully saturated rings. The van der Waals surface area contributed by atoms with Crippen molar-refractivity contribution in [3.05, 3.63) is 42.2 Å². The fourth-order valence-corrected chi connectivity index (χ4v) is 3.82. The predicted molar refractivity (Wildman–Crippen MR) is 94.6 cm³/mol. The molecule has 1 aliphatic carbocycles. The maximum atomic E-state index is 12.4. The SMILES string of the molecule is O=C(NC1CC2CNC1C2)c1ccc(-c2cccc(NC(=O)C(F)(F)F)c2)o1. The van der Waals surface area contributed by atoms with Crippen LogP contribution in [0.3, 0.4) is 0 Å². The van der Waals surface area contributed by atoms with Crippen LogP contribution in [0.15, 0.2) is 40.8 Å². The third kappa shape index (κ3) is 3.75. The van der Waals surface area contributed by atoms with Crippen LogP contribution >= 0.6 is 0 Å². The minimum atomic E-state index is -4.97. The Labute approximate surface area is 158 Å². The van der Waals surface area contributed by atoms with Crippen LogP contribution < -0.4 is 16.0 Å². The Hall–Kier alpha value is -2.81. The summed E-state index contributed by atoms with van der Waals surface area (Å²) in [5, 5.41) is 8.13. The molecule has 2 bridgehead atoms. The molecule has 6 nitrogen and oxygen atoms in total. The van der Waals surface area contributed by atoms with Crippen LogP contribution in [-0.4, -0.2) is 36.6 Å². The van der Waals surface area contributed by atoms with Gasteiger partial charge in [0.1, 0.15) is 5.76 Å². The summed E-state index contributed by atoms with van der Waals surface area (Å²) in [6, 6.07) is 9.24. The highest BCUT2D eigenvalue weighted by Crippen LogP contribution is 2.31. The van der Waals surface area contributed by atoms with Gasteiger partial charge in [-0.3, -0.25) is 9.59 Å². The standard InChI is InChI=1S/C19H18F3N3O3/c20-19(21,22)18(27)24-12-3-1-2-11(8-12)15-4-5-16(28-15)17(26)25-14-7-10-6-13(14)23-9-10/h1-5,8,10,13-14,23H,6-7,9H2,(H,24,27)(H,25,26). The highest BCUT2D eigenvalue weighted by Gasteiger charge is 2.40. The zero-order chi connectivity index (χ0) is 19.9. The quantitative estimate of drug-likeness (QED) is 0.746. The number of alkyl halides is 3. The third-order valence-electron chi connectivity index (χ3n) is 5.14. The van der Waals surface area contributed by atoms with Crippen LogP contribution in [0.25, 0.3) is 11.3 Å². The van der Waals surface area contributed by atoms with E-state index in [0.717, 1.165) is 19.4 Å². The summed E-state index contributed by atoms with van der Waals surface area (Å²) in [6.07, 6.45) is -2.97. The summed E-state index contributed by atoms with van der Waals surface area (Å²) < 4.78 is 42.8. The smallest absolute Gasteiger partial charge is 0.451 e. The minimum Gasteiger partial charge on any atom is -0.451 e. The maximum absolute atomic E-state index is 12.4. The number of carbonyl (C=O) groups excluding carboxylic acids is 2. The molecular weight excluding hydrogens is 375 g/mol. The number of piperidine rings is 1. The number of nitrogens with one attached hydrogen (secondary N) is 3. The molecule has 3 atom stereocenters. The van der Waals surface area contributed by atoms with Gasteiger partial charge in [-0.05, 0) is 49.6 Å². The molecule has 1 saturated heterocycles. The van der Waals surface area contributed by atoms with Crippen molar-refractivity contribution in [3.8, 4) is 11.3 Å². The molecule has 3 unspecified atom stereocenters. The lowest BCUT2D eigenvalue weighted by Crippen LogP contribution is -2.47. The topological polar surface area (TPSA) is 83.4 Å². The van der Waals surface area contributed by atoms with Crippen LogP contribution in [-0.2, 0) is 4.79 Å². The van der Waals surface area contributed by atoms with Crippen LogP contribution in [0.2, 0.25) is 0 Å². The summed E-state index contributed by atoms with van der Waals surface area (Å²) in [5.41, 5.74) is 0.427. The lowest BCUT2D eigenvalue weighted by molar-refractivity contribution is -0.167. The molecule has 3 N–H and O–H groups in total. The molecule has 0 spiro atoms. The molecule has 2 aliphatic rings. The van der Waals surface area contributed by atoms with Crippen molar-refractivity contribution in [1.82, 2.24) is 10.6 Å². The summed E-state index contributed by atoms with van der Waals surface area (Å²) in [4.78, 5) is 23.5. The Morgan fingerprint density at radius 3 is 2.64 bits per heavy atom. The second-order valence-electron chi connectivity index (χ2n) is 7.13. The van der Waals surface area contributed by atoms with E-state index >= 15 is 0 Å². The van der Waals surface area contributed by atoms with E-state index in [9.17, 15) is 22.8 Å². The van der Waals surface area contributed by atoms with Crippen molar-refractivity contribution in [3.63, 3.8) is 0 Å². The van der Waals surface area contributed by atoms with Gasteiger partial charge in [0.2, 0.25) is 0 Å². The number of carbonyl (C=O) groups is 2. The molecule has 2 amide bonds. The van der Waals surface area contributed by atoms with Crippen molar-refractivity contribution in [1.29, 1.82) is 0 Å². The molecule has 28 heavy (non-hydrogen) atoms. The molecule has 0 radical (unpaired) electrons. The van der Waals surface area contributed by atoms with E-state index in [4.69, 9.17) is 4.42 Å². The predicted octanol–water partition coefficient (Wildman–Crippen LogP) is 2.93. The molecule has 1 saturated carbocycles. The molecule has 4 rings (SSSR count). The van der Waals surface area contributed by atoms with Gasteiger partial charge in [-0.2, -0.15) is 13.2 Å². The highest BCUT2D eigenvalue weighted by atomic mass is 19.4. The first-order valence-electron chi connectivity index (χ1n) is 8.92. The number of hydrogen-bond acceptors (Lipinski definition) is 4. The average Bonchev–Trinajstić information content (AvgIpc) is 3.38. The van der Waals surface area contributed by atoms with E-state index in [2.05, 4.69) is 10.6 Å². The second kappa shape index (κ2) is 6.97. The highest BCUT2D eigenvalue weighted by molar-refractivity contribution is 5.95. The molecule has 1 aromatic carbocycles. The van der Waals surface area contributed by atoms with Gasteiger partial charge in [0.05, 0.1) is 0 Å². The lowest BCUT2D eigenvalue weighted by Gasteiger charge is -2.23. The lowest BCUT2D eigenvalue weighted by atomic mass is 10.1. The van der Waals surface area contributed by atoms with Crippen LogP contribution in [0.1, 0.15) is 23.4 Å². The Kier molecular flexibility index (Phi) is 4.62. The Balaban J connectivity index is 1.44. The molecule has 1 aromatic heterocycles. The van der Waals surface area contributed by atoms with E-state index in [-0.39, 0.29) is 29.4 Å². The van der Waals surface area contributed by atoms with E-state index in [1.807, 2.05) is 0 Å². The number of anilines is 1. The van der Waals surface area contributed by atoms with Crippen LogP contribution in [0.4, 0.5) is 18.9 Å². The molecular formula is C19H18F3N3O3. The van der Waals surface area contributed by atoms with Gasteiger partial charge in [0.25, 0.3) is 5.91 Å². The number of halogens is 3. The summed E-state index contributed by atoms with van der Waals surface area (Å²) in [5.74, 6) is -1.34. The molecule has 1 aliphatic heterocycles. The van der Waals surface area contributed by atoms with Gasteiger partial charge in [-0.15, -0.1) is 0 Å². The largest absolute Gasteiger partial charge is 0.471 e. The Morgan fingerprint density at radius 1 is 1.14 bits per heavy atom. The number of hydrogen-bond donors (Lipinski definition) is 3. The fourth-order valence-electron chi connectivity index (χ4n) is 3.82. The fraction of sp³-hybridized carbons (Fsp3) is 0.368. The Morgan fingerprint density at radius 2 is 1.96 bits per heavy atom. The minimum absolute atomic E-state index is 0.0183. The summed E-state index contributed by atoms with van der Waals surface area (Å²) in [7, 11) is 0. The van der Waals surface area contributed by atoms with E-state index in [1.54, 1.807) is 17.4 Å². The zero-order valence-electron chi connectivity index (χ0n) is 14.7. The first-order valence-corrected chi connectivity index (χ1v) is 8.92. The first-order chi connectivity index (χ1) is 13.3. The van der Waals surface area contributed by atoms with Crippen LogP contribution in [0, 0.1) is 5.92 Å². The van der Waals surface area contributed by atoms with Crippen LogP contribution in [0.5, 0.6) is 0 Å².